The molecule has 0 amide bonds. The van der Waals surface area contributed by atoms with Crippen molar-refractivity contribution in [2.24, 2.45) is 0 Å². The molecule has 1 heterocycles. The number of rotatable bonds is 8. The fraction of sp³-hybridized carbons (Fsp3) is 0.0714. The van der Waals surface area contributed by atoms with Crippen molar-refractivity contribution >= 4 is 46.6 Å². The largest absolute Gasteiger partial charge is 0.422 e. The molecule has 0 unspecified atom stereocenters. The average molecular weight is 606 g/mol. The molecule has 7 heteroatoms. The molecule has 4 aromatic carbocycles. The van der Waals surface area contributed by atoms with Crippen LogP contribution in [-0.4, -0.2) is 15.0 Å². The molecule has 0 spiro atoms. The van der Waals surface area contributed by atoms with Crippen LogP contribution in [0.2, 0.25) is 0 Å². The van der Waals surface area contributed by atoms with Crippen LogP contribution < -0.4 is 21.2 Å². The molecule has 0 saturated carbocycles. The van der Waals surface area contributed by atoms with Gasteiger partial charge in [0.15, 0.2) is 0 Å². The number of nitrogens with zero attached hydrogens (tertiary/aromatic N) is 3. The zero-order valence-corrected chi connectivity index (χ0v) is 23.0. The molecule has 0 aliphatic heterocycles. The van der Waals surface area contributed by atoms with Crippen molar-refractivity contribution < 1.29 is 18.2 Å². The Hall–Kier alpha value is -2.17. The fourth-order valence-corrected chi connectivity index (χ4v) is 8.04. The van der Waals surface area contributed by atoms with Crippen molar-refractivity contribution in [1.29, 1.82) is 0 Å². The molecule has 0 fully saturated rings. The molecule has 0 bridgehead atoms. The molecule has 0 radical (unpaired) electrons. The van der Waals surface area contributed by atoms with Crippen LogP contribution >= 0.6 is 25.4 Å². The Morgan fingerprint density at radius 1 is 0.600 bits per heavy atom. The van der Waals surface area contributed by atoms with Gasteiger partial charge in [0, 0.05) is 6.29 Å². The second kappa shape index (κ2) is 13.8. The summed E-state index contributed by atoms with van der Waals surface area (Å²) in [7, 11) is 3.34. The van der Waals surface area contributed by atoms with E-state index < -0.39 is 15.8 Å². The Morgan fingerprint density at radius 2 is 0.971 bits per heavy atom. The Bertz CT molecular complexity index is 1090. The first-order valence-corrected chi connectivity index (χ1v) is 16.1. The Kier molecular flexibility index (Phi) is 10.2. The predicted octanol–water partition coefficient (Wildman–Crippen LogP) is 5.49. The van der Waals surface area contributed by atoms with E-state index in [1.54, 1.807) is 0 Å². The van der Waals surface area contributed by atoms with Crippen molar-refractivity contribution in [2.45, 2.75) is 12.4 Å². The molecule has 0 saturated heterocycles. The van der Waals surface area contributed by atoms with Crippen molar-refractivity contribution in [1.82, 2.24) is 15.0 Å². The third-order valence-corrected chi connectivity index (χ3v) is 10.2. The quantitative estimate of drug-likeness (QED) is 0.133. The van der Waals surface area contributed by atoms with Crippen LogP contribution in [0.25, 0.3) is 0 Å². The third-order valence-electron chi connectivity index (χ3n) is 5.39. The van der Waals surface area contributed by atoms with Crippen LogP contribution in [0.1, 0.15) is 5.69 Å². The molecule has 0 atom stereocenters. The SMILES string of the molecule is [Cl][Pd+].[c-]1c(CP(c2ccccc2)c2ccccc2)nnn1CP(c1ccccc1)c1ccccc1. The normalized spacial score (nSPS) is 10.8. The second-order valence-corrected chi connectivity index (χ2v) is 12.0. The number of hydrogen-bond donors (Lipinski definition) is 0. The topological polar surface area (TPSA) is 30.7 Å². The summed E-state index contributed by atoms with van der Waals surface area (Å²) in [6.45, 7) is 0. The maximum Gasteiger partial charge on any atom is 0.0341 e. The van der Waals surface area contributed by atoms with Crippen LogP contribution in [0.15, 0.2) is 121 Å². The molecular formula is C28H24ClN3P2Pd. The van der Waals surface area contributed by atoms with Gasteiger partial charge in [-0.05, 0) is 43.2 Å². The minimum absolute atomic E-state index is 0.564. The minimum atomic E-state index is -0.587. The van der Waals surface area contributed by atoms with E-state index in [4.69, 9.17) is 0 Å². The molecule has 0 N–H and O–H groups in total. The van der Waals surface area contributed by atoms with Crippen molar-refractivity contribution in [3.8, 4) is 0 Å². The van der Waals surface area contributed by atoms with Gasteiger partial charge in [-0.1, -0.05) is 127 Å². The van der Waals surface area contributed by atoms with E-state index in [-0.39, 0.29) is 0 Å². The van der Waals surface area contributed by atoms with E-state index in [0.717, 1.165) is 18.1 Å². The van der Waals surface area contributed by atoms with E-state index in [1.165, 1.54) is 21.2 Å². The van der Waals surface area contributed by atoms with Gasteiger partial charge in [0.05, 0.1) is 0 Å². The standard InChI is InChI=1S/C28H24N3P2.ClH.Pd/c1-5-13-25(14-6-1)32(26-15-7-2-8-16-26)22-24-21-31(30-29-24)23-33(27-17-9-3-10-18-27)28-19-11-4-12-20-28;;/h1-20H,22-23H2;1H;/q-1;;+2/p-1. The van der Waals surface area contributed by atoms with E-state index in [2.05, 4.69) is 166 Å². The van der Waals surface area contributed by atoms with E-state index in [9.17, 15) is 0 Å². The van der Waals surface area contributed by atoms with Gasteiger partial charge in [0.1, 0.15) is 0 Å². The monoisotopic (exact) mass is 605 g/mol. The number of benzene rings is 4. The summed E-state index contributed by atoms with van der Waals surface area (Å²) >= 11 is 2.22. The van der Waals surface area contributed by atoms with Gasteiger partial charge in [-0.25, -0.2) is 0 Å². The van der Waals surface area contributed by atoms with Gasteiger partial charge < -0.3 is 10.9 Å². The van der Waals surface area contributed by atoms with Gasteiger partial charge in [0.2, 0.25) is 0 Å². The Labute approximate surface area is 224 Å². The zero-order chi connectivity index (χ0) is 24.3. The van der Waals surface area contributed by atoms with Crippen LogP contribution in [0, 0.1) is 6.20 Å². The number of hydrogen-bond acceptors (Lipinski definition) is 2. The molecule has 178 valence electrons. The summed E-state index contributed by atoms with van der Waals surface area (Å²) in [5.41, 5.74) is 0.921. The molecule has 1 aromatic heterocycles. The number of aromatic nitrogens is 3. The maximum atomic E-state index is 4.53. The van der Waals surface area contributed by atoms with Crippen LogP contribution in [0.3, 0.4) is 0 Å². The average Bonchev–Trinajstić information content (AvgIpc) is 3.40. The molecule has 0 aliphatic carbocycles. The minimum Gasteiger partial charge on any atom is -0.422 e. The van der Waals surface area contributed by atoms with E-state index in [1.807, 2.05) is 4.68 Å². The zero-order valence-electron chi connectivity index (χ0n) is 18.9. The summed E-state index contributed by atoms with van der Waals surface area (Å²) in [5.74, 6) is 0. The number of halogens is 1. The fourth-order valence-electron chi connectivity index (χ4n) is 3.79. The van der Waals surface area contributed by atoms with E-state index in [0.29, 0.717) is 0 Å². The van der Waals surface area contributed by atoms with Gasteiger partial charge in [-0.3, -0.25) is 0 Å². The van der Waals surface area contributed by atoms with E-state index >= 15 is 0 Å². The van der Waals surface area contributed by atoms with Crippen molar-refractivity contribution in [2.75, 3.05) is 0 Å². The summed E-state index contributed by atoms with van der Waals surface area (Å²) in [6.07, 6.45) is 5.08. The van der Waals surface area contributed by atoms with Gasteiger partial charge in [0.25, 0.3) is 0 Å². The van der Waals surface area contributed by atoms with Gasteiger partial charge in [-0.15, -0.1) is 5.21 Å². The van der Waals surface area contributed by atoms with Crippen molar-refractivity contribution in [3.63, 3.8) is 0 Å². The van der Waals surface area contributed by atoms with Crippen LogP contribution in [0.4, 0.5) is 0 Å². The third kappa shape index (κ3) is 7.18. The first-order chi connectivity index (χ1) is 17.4. The van der Waals surface area contributed by atoms with Crippen LogP contribution in [0.5, 0.6) is 0 Å². The van der Waals surface area contributed by atoms with Gasteiger partial charge >= 0.3 is 27.7 Å². The molecule has 3 nitrogen and oxygen atoms in total. The summed E-state index contributed by atoms with van der Waals surface area (Å²) in [5, 5.41) is 14.4. The molecule has 5 aromatic rings. The first-order valence-electron chi connectivity index (χ1n) is 11.1. The molecule has 35 heavy (non-hydrogen) atoms. The predicted molar refractivity (Wildman–Crippen MR) is 147 cm³/mol. The molecular weight excluding hydrogens is 582 g/mol. The molecule has 5 rings (SSSR count). The molecule has 0 aliphatic rings. The summed E-state index contributed by atoms with van der Waals surface area (Å²) in [4.78, 5) is 0. The second-order valence-electron chi connectivity index (χ2n) is 7.65. The summed E-state index contributed by atoms with van der Waals surface area (Å²) in [6, 6.07) is 42.9. The Balaban J connectivity index is 0.00000141. The van der Waals surface area contributed by atoms with Crippen LogP contribution in [-0.2, 0) is 30.6 Å². The van der Waals surface area contributed by atoms with Crippen molar-refractivity contribution in [3.05, 3.63) is 133 Å². The smallest absolute Gasteiger partial charge is 0.0341 e. The Morgan fingerprint density at radius 3 is 1.37 bits per heavy atom. The van der Waals surface area contributed by atoms with Gasteiger partial charge in [-0.2, -0.15) is 5.10 Å². The first kappa shape index (κ1) is 25.9. The maximum absolute atomic E-state index is 4.53. The summed E-state index contributed by atoms with van der Waals surface area (Å²) < 4.78 is 1.91.